The second kappa shape index (κ2) is 5.12. The number of nitrogens with one attached hydrogen (secondary N) is 1. The predicted octanol–water partition coefficient (Wildman–Crippen LogP) is 1.73. The van der Waals surface area contributed by atoms with E-state index in [0.29, 0.717) is 12.2 Å². The van der Waals surface area contributed by atoms with Gasteiger partial charge >= 0.3 is 0 Å². The number of halogens is 1. The highest BCUT2D eigenvalue weighted by molar-refractivity contribution is 7.92. The molecule has 108 valence electrons. The first-order valence-electron chi connectivity index (χ1n) is 5.94. The van der Waals surface area contributed by atoms with Gasteiger partial charge in [-0.2, -0.15) is 5.10 Å². The fourth-order valence-electron chi connectivity index (χ4n) is 1.76. The molecule has 2 rings (SSSR count). The van der Waals surface area contributed by atoms with E-state index in [4.69, 9.17) is 5.73 Å². The van der Waals surface area contributed by atoms with Crippen LogP contribution in [0.25, 0.3) is 0 Å². The lowest BCUT2D eigenvalue weighted by Crippen LogP contribution is -2.14. The number of aryl methyl sites for hydroxylation is 2. The fourth-order valence-corrected chi connectivity index (χ4v) is 3.05. The van der Waals surface area contributed by atoms with E-state index in [2.05, 4.69) is 9.82 Å². The van der Waals surface area contributed by atoms with Crippen molar-refractivity contribution in [2.75, 3.05) is 10.5 Å². The molecule has 8 heteroatoms. The summed E-state index contributed by atoms with van der Waals surface area (Å²) < 4.78 is 41.8. The van der Waals surface area contributed by atoms with E-state index in [1.54, 1.807) is 10.9 Å². The summed E-state index contributed by atoms with van der Waals surface area (Å²) in [7, 11) is -3.83. The number of hydrogen-bond acceptors (Lipinski definition) is 4. The SMILES string of the molecule is CCn1cc(NS(=O)(=O)c2cc(N)c(F)cc2C)cn1. The van der Waals surface area contributed by atoms with Gasteiger partial charge in [0.05, 0.1) is 22.5 Å². The van der Waals surface area contributed by atoms with Crippen LogP contribution in [0.5, 0.6) is 0 Å². The second-order valence-corrected chi connectivity index (χ2v) is 5.98. The first-order chi connectivity index (χ1) is 9.33. The summed E-state index contributed by atoms with van der Waals surface area (Å²) >= 11 is 0. The van der Waals surface area contributed by atoms with Crippen LogP contribution in [0, 0.1) is 12.7 Å². The zero-order valence-electron chi connectivity index (χ0n) is 11.1. The third-order valence-electron chi connectivity index (χ3n) is 2.79. The van der Waals surface area contributed by atoms with Gasteiger partial charge < -0.3 is 5.73 Å². The summed E-state index contributed by atoms with van der Waals surface area (Å²) in [6, 6.07) is 2.20. The Morgan fingerprint density at radius 2 is 2.15 bits per heavy atom. The van der Waals surface area contributed by atoms with Gasteiger partial charge in [-0.25, -0.2) is 12.8 Å². The average molecular weight is 298 g/mol. The van der Waals surface area contributed by atoms with Gasteiger partial charge in [0, 0.05) is 12.7 Å². The smallest absolute Gasteiger partial charge is 0.262 e. The normalized spacial score (nSPS) is 11.6. The Bertz CT molecular complexity index is 740. The topological polar surface area (TPSA) is 90.0 Å². The van der Waals surface area contributed by atoms with Gasteiger partial charge in [0.1, 0.15) is 5.82 Å². The summed E-state index contributed by atoms with van der Waals surface area (Å²) in [4.78, 5) is -0.0550. The summed E-state index contributed by atoms with van der Waals surface area (Å²) in [6.45, 7) is 4.02. The maximum atomic E-state index is 13.3. The van der Waals surface area contributed by atoms with Gasteiger partial charge in [0.25, 0.3) is 10.0 Å². The first-order valence-corrected chi connectivity index (χ1v) is 7.42. The Morgan fingerprint density at radius 1 is 1.45 bits per heavy atom. The van der Waals surface area contributed by atoms with Gasteiger partial charge in [-0.1, -0.05) is 0 Å². The van der Waals surface area contributed by atoms with Crippen LogP contribution in [0.3, 0.4) is 0 Å². The molecule has 0 fully saturated rings. The Morgan fingerprint density at radius 3 is 2.75 bits per heavy atom. The summed E-state index contributed by atoms with van der Waals surface area (Å²) in [5.41, 5.74) is 5.84. The molecule has 0 saturated carbocycles. The number of hydrogen-bond donors (Lipinski definition) is 2. The molecular weight excluding hydrogens is 283 g/mol. The molecule has 0 amide bonds. The maximum Gasteiger partial charge on any atom is 0.262 e. The molecule has 20 heavy (non-hydrogen) atoms. The minimum Gasteiger partial charge on any atom is -0.396 e. The van der Waals surface area contributed by atoms with E-state index in [1.165, 1.54) is 13.1 Å². The molecule has 0 spiro atoms. The lowest BCUT2D eigenvalue weighted by Gasteiger charge is -2.10. The molecular formula is C12H15FN4O2S. The highest BCUT2D eigenvalue weighted by Crippen LogP contribution is 2.23. The third kappa shape index (κ3) is 2.74. The highest BCUT2D eigenvalue weighted by Gasteiger charge is 2.19. The summed E-state index contributed by atoms with van der Waals surface area (Å²) in [6.07, 6.45) is 2.98. The molecule has 0 unspecified atom stereocenters. The molecule has 0 aliphatic heterocycles. The Hall–Kier alpha value is -2.09. The van der Waals surface area contributed by atoms with E-state index in [0.717, 1.165) is 12.1 Å². The largest absolute Gasteiger partial charge is 0.396 e. The minimum atomic E-state index is -3.83. The van der Waals surface area contributed by atoms with Crippen LogP contribution in [0.15, 0.2) is 29.4 Å². The molecule has 2 aromatic rings. The molecule has 0 bridgehead atoms. The van der Waals surface area contributed by atoms with Crippen molar-refractivity contribution in [2.24, 2.45) is 0 Å². The van der Waals surface area contributed by atoms with Crippen LogP contribution in [0.1, 0.15) is 12.5 Å². The van der Waals surface area contributed by atoms with Crippen LogP contribution in [-0.4, -0.2) is 18.2 Å². The predicted molar refractivity (Wildman–Crippen MR) is 74.3 cm³/mol. The van der Waals surface area contributed by atoms with Crippen molar-refractivity contribution >= 4 is 21.4 Å². The van der Waals surface area contributed by atoms with Gasteiger partial charge in [0.2, 0.25) is 0 Å². The van der Waals surface area contributed by atoms with Crippen LogP contribution in [0.4, 0.5) is 15.8 Å². The van der Waals surface area contributed by atoms with Crippen molar-refractivity contribution in [3.05, 3.63) is 35.9 Å². The van der Waals surface area contributed by atoms with Gasteiger partial charge in [-0.15, -0.1) is 0 Å². The molecule has 0 saturated heterocycles. The van der Waals surface area contributed by atoms with Crippen molar-refractivity contribution in [1.29, 1.82) is 0 Å². The zero-order valence-corrected chi connectivity index (χ0v) is 11.9. The molecule has 1 aromatic carbocycles. The first kappa shape index (κ1) is 14.3. The molecule has 6 nitrogen and oxygen atoms in total. The van der Waals surface area contributed by atoms with Gasteiger partial charge in [0.15, 0.2) is 0 Å². The number of rotatable bonds is 4. The van der Waals surface area contributed by atoms with E-state index in [-0.39, 0.29) is 16.1 Å². The van der Waals surface area contributed by atoms with E-state index < -0.39 is 15.8 Å². The van der Waals surface area contributed by atoms with E-state index >= 15 is 0 Å². The Kier molecular flexibility index (Phi) is 3.67. The van der Waals surface area contributed by atoms with Crippen molar-refractivity contribution in [1.82, 2.24) is 9.78 Å². The maximum absolute atomic E-state index is 13.3. The lowest BCUT2D eigenvalue weighted by atomic mass is 10.2. The third-order valence-corrected chi connectivity index (χ3v) is 4.32. The quantitative estimate of drug-likeness (QED) is 0.841. The van der Waals surface area contributed by atoms with E-state index in [1.807, 2.05) is 6.92 Å². The molecule has 0 atom stereocenters. The second-order valence-electron chi connectivity index (χ2n) is 4.33. The number of anilines is 2. The zero-order chi connectivity index (χ0) is 14.9. The van der Waals surface area contributed by atoms with Gasteiger partial charge in [-0.3, -0.25) is 9.40 Å². The average Bonchev–Trinajstić information content (AvgIpc) is 2.80. The van der Waals surface area contributed by atoms with Crippen molar-refractivity contribution in [3.63, 3.8) is 0 Å². The lowest BCUT2D eigenvalue weighted by molar-refractivity contribution is 0.599. The molecule has 1 heterocycles. The molecule has 1 aromatic heterocycles. The van der Waals surface area contributed by atoms with Gasteiger partial charge in [-0.05, 0) is 31.5 Å². The summed E-state index contributed by atoms with van der Waals surface area (Å²) in [5.74, 6) is -0.639. The van der Waals surface area contributed by atoms with Crippen molar-refractivity contribution in [2.45, 2.75) is 25.3 Å². The van der Waals surface area contributed by atoms with Crippen molar-refractivity contribution < 1.29 is 12.8 Å². The molecule has 0 aliphatic carbocycles. The van der Waals surface area contributed by atoms with Crippen LogP contribution in [-0.2, 0) is 16.6 Å². The molecule has 0 radical (unpaired) electrons. The molecule has 0 aliphatic rings. The number of nitrogen functional groups attached to an aromatic ring is 1. The minimum absolute atomic E-state index is 0.0550. The fraction of sp³-hybridized carbons (Fsp3) is 0.250. The van der Waals surface area contributed by atoms with E-state index in [9.17, 15) is 12.8 Å². The van der Waals surface area contributed by atoms with Crippen molar-refractivity contribution in [3.8, 4) is 0 Å². The summed E-state index contributed by atoms with van der Waals surface area (Å²) in [5, 5.41) is 3.97. The standard InChI is InChI=1S/C12H15FN4O2S/c1-3-17-7-9(6-15-17)16-20(18,19)12-5-11(14)10(13)4-8(12)2/h4-7,16H,3,14H2,1-2H3. The Balaban J connectivity index is 2.37. The number of nitrogens with two attached hydrogens (primary N) is 1. The molecule has 3 N–H and O–H groups in total. The number of benzene rings is 1. The van der Waals surface area contributed by atoms with Crippen LogP contribution < -0.4 is 10.5 Å². The van der Waals surface area contributed by atoms with Crippen LogP contribution >= 0.6 is 0 Å². The van der Waals surface area contributed by atoms with Crippen LogP contribution in [0.2, 0.25) is 0 Å². The number of aromatic nitrogens is 2. The monoisotopic (exact) mass is 298 g/mol. The Labute approximate surface area is 116 Å². The number of nitrogens with zero attached hydrogens (tertiary/aromatic N) is 2. The highest BCUT2D eigenvalue weighted by atomic mass is 32.2. The number of sulfonamides is 1.